The number of carbonyl (C=O) groups is 2. The second-order valence-electron chi connectivity index (χ2n) is 6.49. The van der Waals surface area contributed by atoms with Gasteiger partial charge in [0, 0.05) is 10.7 Å². The number of para-hydroxylation sites is 1. The van der Waals surface area contributed by atoms with Crippen LogP contribution < -0.4 is 10.6 Å². The molecule has 2 aromatic carbocycles. The normalized spacial score (nSPS) is 10.6. The largest absolute Gasteiger partial charge is 0.459 e. The summed E-state index contributed by atoms with van der Waals surface area (Å²) in [4.78, 5) is 25.1. The molecule has 0 unspecified atom stereocenters. The molecule has 4 rings (SSSR count). The van der Waals surface area contributed by atoms with Gasteiger partial charge in [-0.15, -0.1) is 0 Å². The van der Waals surface area contributed by atoms with Crippen LogP contribution in [0.3, 0.4) is 0 Å². The van der Waals surface area contributed by atoms with E-state index in [1.54, 1.807) is 35.0 Å². The van der Waals surface area contributed by atoms with Crippen LogP contribution >= 0.6 is 11.6 Å². The highest BCUT2D eigenvalue weighted by molar-refractivity contribution is 6.31. The molecule has 0 radical (unpaired) electrons. The maximum Gasteiger partial charge on any atom is 0.291 e. The first kappa shape index (κ1) is 19.5. The number of rotatable bonds is 5. The first-order valence-corrected chi connectivity index (χ1v) is 9.47. The number of benzene rings is 2. The van der Waals surface area contributed by atoms with E-state index in [0.29, 0.717) is 16.4 Å². The van der Waals surface area contributed by atoms with Crippen molar-refractivity contribution in [3.8, 4) is 5.69 Å². The Morgan fingerprint density at radius 1 is 0.933 bits per heavy atom. The van der Waals surface area contributed by atoms with Crippen LogP contribution in [0.5, 0.6) is 0 Å². The number of aryl methyl sites for hydroxylation is 1. The summed E-state index contributed by atoms with van der Waals surface area (Å²) in [5.41, 5.74) is 2.64. The standard InChI is InChI=1S/C22H17ClN4O3/c1-14-12-19(26-27(14)16-6-3-2-4-7-16)21(28)24-17-10-9-15(23)13-18(17)25-22(29)20-8-5-11-30-20/h2-13H,1H3,(H,24,28)(H,25,29). The molecule has 2 aromatic heterocycles. The van der Waals surface area contributed by atoms with E-state index in [-0.39, 0.29) is 11.5 Å². The van der Waals surface area contributed by atoms with E-state index in [2.05, 4.69) is 15.7 Å². The first-order valence-electron chi connectivity index (χ1n) is 9.09. The molecular weight excluding hydrogens is 404 g/mol. The summed E-state index contributed by atoms with van der Waals surface area (Å²) < 4.78 is 6.79. The summed E-state index contributed by atoms with van der Waals surface area (Å²) in [5.74, 6) is -0.727. The molecule has 0 spiro atoms. The molecule has 8 heteroatoms. The van der Waals surface area contributed by atoms with Crippen molar-refractivity contribution in [1.82, 2.24) is 9.78 Å². The van der Waals surface area contributed by atoms with Gasteiger partial charge in [0.1, 0.15) is 0 Å². The highest BCUT2D eigenvalue weighted by atomic mass is 35.5. The Balaban J connectivity index is 1.57. The number of carbonyl (C=O) groups excluding carboxylic acids is 2. The second kappa shape index (κ2) is 8.26. The van der Waals surface area contributed by atoms with E-state index < -0.39 is 11.8 Å². The number of aromatic nitrogens is 2. The molecule has 0 atom stereocenters. The second-order valence-corrected chi connectivity index (χ2v) is 6.93. The maximum absolute atomic E-state index is 12.8. The van der Waals surface area contributed by atoms with Gasteiger partial charge in [-0.1, -0.05) is 29.8 Å². The predicted octanol–water partition coefficient (Wildman–Crippen LogP) is 4.93. The quantitative estimate of drug-likeness (QED) is 0.479. The van der Waals surface area contributed by atoms with Crippen LogP contribution in [0.25, 0.3) is 5.69 Å². The van der Waals surface area contributed by atoms with Crippen LogP contribution in [0.1, 0.15) is 26.7 Å². The monoisotopic (exact) mass is 420 g/mol. The Kier molecular flexibility index (Phi) is 5.36. The van der Waals surface area contributed by atoms with Crippen molar-refractivity contribution in [2.75, 3.05) is 10.6 Å². The molecule has 0 aliphatic carbocycles. The van der Waals surface area contributed by atoms with E-state index in [1.165, 1.54) is 12.3 Å². The van der Waals surface area contributed by atoms with E-state index in [1.807, 2.05) is 37.3 Å². The molecule has 2 N–H and O–H groups in total. The molecule has 2 heterocycles. The Bertz CT molecular complexity index is 1200. The molecule has 0 fully saturated rings. The van der Waals surface area contributed by atoms with Gasteiger partial charge in [-0.3, -0.25) is 9.59 Å². The van der Waals surface area contributed by atoms with Crippen molar-refractivity contribution < 1.29 is 14.0 Å². The fourth-order valence-corrected chi connectivity index (χ4v) is 3.10. The van der Waals surface area contributed by atoms with Gasteiger partial charge in [-0.05, 0) is 55.5 Å². The zero-order valence-electron chi connectivity index (χ0n) is 15.9. The lowest BCUT2D eigenvalue weighted by molar-refractivity contribution is 0.0992. The van der Waals surface area contributed by atoms with E-state index in [9.17, 15) is 9.59 Å². The number of furan rings is 1. The minimum absolute atomic E-state index is 0.143. The van der Waals surface area contributed by atoms with Gasteiger partial charge in [-0.25, -0.2) is 4.68 Å². The first-order chi connectivity index (χ1) is 14.5. The molecular formula is C22H17ClN4O3. The lowest BCUT2D eigenvalue weighted by Gasteiger charge is -2.11. The van der Waals surface area contributed by atoms with Crippen LogP contribution in [-0.4, -0.2) is 21.6 Å². The van der Waals surface area contributed by atoms with Crippen molar-refractivity contribution in [1.29, 1.82) is 0 Å². The minimum atomic E-state index is -0.457. The van der Waals surface area contributed by atoms with Crippen molar-refractivity contribution >= 4 is 34.8 Å². The van der Waals surface area contributed by atoms with Crippen molar-refractivity contribution in [3.05, 3.63) is 95.2 Å². The molecule has 2 amide bonds. The third-order valence-corrected chi connectivity index (χ3v) is 4.58. The third-order valence-electron chi connectivity index (χ3n) is 4.34. The number of hydrogen-bond acceptors (Lipinski definition) is 4. The number of nitrogens with one attached hydrogen (secondary N) is 2. The lowest BCUT2D eigenvalue weighted by Crippen LogP contribution is -2.17. The summed E-state index contributed by atoms with van der Waals surface area (Å²) in [6, 6.07) is 19.1. The highest BCUT2D eigenvalue weighted by Gasteiger charge is 2.17. The lowest BCUT2D eigenvalue weighted by atomic mass is 10.2. The van der Waals surface area contributed by atoms with Gasteiger partial charge in [0.2, 0.25) is 0 Å². The summed E-state index contributed by atoms with van der Waals surface area (Å²) in [6.45, 7) is 1.87. The van der Waals surface area contributed by atoms with Crippen LogP contribution in [0.15, 0.2) is 77.4 Å². The molecule has 0 saturated carbocycles. The molecule has 0 aliphatic heterocycles. The van der Waals surface area contributed by atoms with Crippen LogP contribution in [0.2, 0.25) is 5.02 Å². The van der Waals surface area contributed by atoms with Gasteiger partial charge in [0.25, 0.3) is 11.8 Å². The highest BCUT2D eigenvalue weighted by Crippen LogP contribution is 2.27. The van der Waals surface area contributed by atoms with Gasteiger partial charge in [-0.2, -0.15) is 5.10 Å². The molecule has 0 aliphatic rings. The van der Waals surface area contributed by atoms with Crippen molar-refractivity contribution in [2.45, 2.75) is 6.92 Å². The smallest absolute Gasteiger partial charge is 0.291 e. The van der Waals surface area contributed by atoms with Crippen LogP contribution in [-0.2, 0) is 0 Å². The van der Waals surface area contributed by atoms with Crippen LogP contribution in [0, 0.1) is 6.92 Å². The average molecular weight is 421 g/mol. The number of amides is 2. The average Bonchev–Trinajstić information content (AvgIpc) is 3.41. The summed E-state index contributed by atoms with van der Waals surface area (Å²) in [5, 5.41) is 10.3. The predicted molar refractivity (Wildman–Crippen MR) is 114 cm³/mol. The van der Waals surface area contributed by atoms with E-state index in [0.717, 1.165) is 11.4 Å². The summed E-state index contributed by atoms with van der Waals surface area (Å²) in [7, 11) is 0. The SMILES string of the molecule is Cc1cc(C(=O)Nc2ccc(Cl)cc2NC(=O)c2ccco2)nn1-c1ccccc1. The Morgan fingerprint density at radius 2 is 1.70 bits per heavy atom. The number of nitrogens with zero attached hydrogens (tertiary/aromatic N) is 2. The van der Waals surface area contributed by atoms with Gasteiger partial charge >= 0.3 is 0 Å². The number of hydrogen-bond donors (Lipinski definition) is 2. The zero-order chi connectivity index (χ0) is 21.1. The van der Waals surface area contributed by atoms with Gasteiger partial charge < -0.3 is 15.1 Å². The van der Waals surface area contributed by atoms with E-state index >= 15 is 0 Å². The van der Waals surface area contributed by atoms with Gasteiger partial charge in [0.15, 0.2) is 11.5 Å². The molecule has 0 saturated heterocycles. The van der Waals surface area contributed by atoms with Crippen molar-refractivity contribution in [2.24, 2.45) is 0 Å². The Labute approximate surface area is 177 Å². The molecule has 7 nitrogen and oxygen atoms in total. The van der Waals surface area contributed by atoms with Crippen LogP contribution in [0.4, 0.5) is 11.4 Å². The Morgan fingerprint density at radius 3 is 2.43 bits per heavy atom. The third kappa shape index (κ3) is 4.11. The number of halogens is 1. The Hall–Kier alpha value is -3.84. The zero-order valence-corrected chi connectivity index (χ0v) is 16.7. The molecule has 4 aromatic rings. The van der Waals surface area contributed by atoms with Gasteiger partial charge in [0.05, 0.1) is 23.3 Å². The fraction of sp³-hybridized carbons (Fsp3) is 0.0455. The van der Waals surface area contributed by atoms with Crippen molar-refractivity contribution in [3.63, 3.8) is 0 Å². The minimum Gasteiger partial charge on any atom is -0.459 e. The molecule has 30 heavy (non-hydrogen) atoms. The molecule has 0 bridgehead atoms. The molecule has 150 valence electrons. The summed E-state index contributed by atoms with van der Waals surface area (Å²) in [6.07, 6.45) is 1.40. The maximum atomic E-state index is 12.8. The summed E-state index contributed by atoms with van der Waals surface area (Å²) >= 11 is 6.07. The topological polar surface area (TPSA) is 89.2 Å². The number of anilines is 2. The van der Waals surface area contributed by atoms with E-state index in [4.69, 9.17) is 16.0 Å². The fourth-order valence-electron chi connectivity index (χ4n) is 2.92.